The molecule has 0 aliphatic rings. The zero-order valence-electron chi connectivity index (χ0n) is 8.70. The standard InChI is InChI=1S/C13H13NO/c1-3-6-11-9(2)13(15)10-7-4-5-8-12(10)14-11/h3-5,7-8H,1,6H2,2H3,(H,14,15). The van der Waals surface area contributed by atoms with E-state index in [0.29, 0.717) is 12.2 Å². The number of aromatic hydroxyl groups is 1. The number of aromatic nitrogens is 1. The smallest absolute Gasteiger partial charge is 0.129 e. The summed E-state index contributed by atoms with van der Waals surface area (Å²) in [5.41, 5.74) is 2.56. The molecule has 2 nitrogen and oxygen atoms in total. The number of pyridine rings is 1. The first-order chi connectivity index (χ1) is 7.24. The van der Waals surface area contributed by atoms with Crippen LogP contribution in [-0.2, 0) is 6.42 Å². The Morgan fingerprint density at radius 2 is 2.13 bits per heavy atom. The Balaban J connectivity index is 2.76. The lowest BCUT2D eigenvalue weighted by Crippen LogP contribution is -1.94. The summed E-state index contributed by atoms with van der Waals surface area (Å²) in [7, 11) is 0. The van der Waals surface area contributed by atoms with Crippen molar-refractivity contribution in [3.63, 3.8) is 0 Å². The van der Waals surface area contributed by atoms with Crippen molar-refractivity contribution < 1.29 is 5.11 Å². The first kappa shape index (κ1) is 9.71. The molecule has 0 spiro atoms. The van der Waals surface area contributed by atoms with Crippen LogP contribution in [0.2, 0.25) is 0 Å². The molecular formula is C13H13NO. The molecule has 1 heterocycles. The van der Waals surface area contributed by atoms with E-state index < -0.39 is 0 Å². The van der Waals surface area contributed by atoms with Gasteiger partial charge in [0.25, 0.3) is 0 Å². The van der Waals surface area contributed by atoms with E-state index in [1.807, 2.05) is 31.2 Å². The van der Waals surface area contributed by atoms with Gasteiger partial charge in [-0.25, -0.2) is 0 Å². The summed E-state index contributed by atoms with van der Waals surface area (Å²) in [5.74, 6) is 0.331. The van der Waals surface area contributed by atoms with Crippen molar-refractivity contribution in [3.05, 3.63) is 48.2 Å². The summed E-state index contributed by atoms with van der Waals surface area (Å²) < 4.78 is 0. The second kappa shape index (κ2) is 3.73. The minimum atomic E-state index is 0.331. The third-order valence-electron chi connectivity index (χ3n) is 2.54. The lowest BCUT2D eigenvalue weighted by Gasteiger charge is -2.08. The van der Waals surface area contributed by atoms with Gasteiger partial charge in [0, 0.05) is 17.4 Å². The van der Waals surface area contributed by atoms with Gasteiger partial charge in [0.1, 0.15) is 5.75 Å². The molecule has 0 fully saturated rings. The number of allylic oxidation sites excluding steroid dienone is 1. The van der Waals surface area contributed by atoms with Crippen LogP contribution < -0.4 is 0 Å². The van der Waals surface area contributed by atoms with E-state index in [2.05, 4.69) is 11.6 Å². The lowest BCUT2D eigenvalue weighted by atomic mass is 10.1. The fourth-order valence-electron chi connectivity index (χ4n) is 1.67. The third kappa shape index (κ3) is 1.59. The van der Waals surface area contributed by atoms with Gasteiger partial charge in [-0.3, -0.25) is 4.98 Å². The molecule has 2 heteroatoms. The average molecular weight is 199 g/mol. The maximum absolute atomic E-state index is 9.99. The fraction of sp³-hybridized carbons (Fsp3) is 0.154. The summed E-state index contributed by atoms with van der Waals surface area (Å²) in [6.45, 7) is 5.57. The molecular weight excluding hydrogens is 186 g/mol. The van der Waals surface area contributed by atoms with Crippen LogP contribution in [0.15, 0.2) is 36.9 Å². The molecule has 0 bridgehead atoms. The first-order valence-corrected chi connectivity index (χ1v) is 4.92. The summed E-state index contributed by atoms with van der Waals surface area (Å²) in [6, 6.07) is 7.60. The minimum Gasteiger partial charge on any atom is -0.507 e. The molecule has 1 N–H and O–H groups in total. The normalized spacial score (nSPS) is 10.5. The van der Waals surface area contributed by atoms with Crippen LogP contribution in [0.5, 0.6) is 5.75 Å². The van der Waals surface area contributed by atoms with Crippen LogP contribution in [0, 0.1) is 6.92 Å². The number of hydrogen-bond acceptors (Lipinski definition) is 2. The van der Waals surface area contributed by atoms with Crippen LogP contribution in [0.3, 0.4) is 0 Å². The highest BCUT2D eigenvalue weighted by Crippen LogP contribution is 2.28. The largest absolute Gasteiger partial charge is 0.507 e. The average Bonchev–Trinajstić information content (AvgIpc) is 2.26. The number of rotatable bonds is 2. The Labute approximate surface area is 88.9 Å². The molecule has 15 heavy (non-hydrogen) atoms. The molecule has 0 unspecified atom stereocenters. The van der Waals surface area contributed by atoms with Crippen LogP contribution in [0.25, 0.3) is 10.9 Å². The van der Waals surface area contributed by atoms with Gasteiger partial charge in [-0.1, -0.05) is 18.2 Å². The monoisotopic (exact) mass is 199 g/mol. The molecule has 1 aromatic heterocycles. The summed E-state index contributed by atoms with van der Waals surface area (Å²) in [4.78, 5) is 4.49. The van der Waals surface area contributed by atoms with E-state index in [0.717, 1.165) is 22.2 Å². The van der Waals surface area contributed by atoms with Gasteiger partial charge in [0.2, 0.25) is 0 Å². The maximum Gasteiger partial charge on any atom is 0.129 e. The van der Waals surface area contributed by atoms with Crippen molar-refractivity contribution in [2.45, 2.75) is 13.3 Å². The quantitative estimate of drug-likeness (QED) is 0.754. The molecule has 0 aliphatic heterocycles. The van der Waals surface area contributed by atoms with Gasteiger partial charge >= 0.3 is 0 Å². The first-order valence-electron chi connectivity index (χ1n) is 4.92. The highest BCUT2D eigenvalue weighted by molar-refractivity contribution is 5.86. The van der Waals surface area contributed by atoms with E-state index in [1.54, 1.807) is 6.08 Å². The zero-order valence-corrected chi connectivity index (χ0v) is 8.70. The highest BCUT2D eigenvalue weighted by Gasteiger charge is 2.08. The molecule has 2 aromatic rings. The Morgan fingerprint density at radius 1 is 1.40 bits per heavy atom. The summed E-state index contributed by atoms with van der Waals surface area (Å²) in [5, 5.41) is 10.8. The predicted octanol–water partition coefficient (Wildman–Crippen LogP) is 2.98. The van der Waals surface area contributed by atoms with Crippen LogP contribution in [-0.4, -0.2) is 10.1 Å². The summed E-state index contributed by atoms with van der Waals surface area (Å²) in [6.07, 6.45) is 2.48. The Kier molecular flexibility index (Phi) is 2.42. The Hall–Kier alpha value is -1.83. The van der Waals surface area contributed by atoms with E-state index in [1.165, 1.54) is 0 Å². The van der Waals surface area contributed by atoms with Crippen molar-refractivity contribution in [3.8, 4) is 5.75 Å². The topological polar surface area (TPSA) is 33.1 Å². The molecule has 0 radical (unpaired) electrons. The molecule has 0 saturated carbocycles. The molecule has 0 atom stereocenters. The predicted molar refractivity (Wildman–Crippen MR) is 62.0 cm³/mol. The Bertz CT molecular complexity index is 517. The van der Waals surface area contributed by atoms with Gasteiger partial charge in [-0.2, -0.15) is 0 Å². The molecule has 76 valence electrons. The van der Waals surface area contributed by atoms with Gasteiger partial charge in [-0.15, -0.1) is 6.58 Å². The third-order valence-corrected chi connectivity index (χ3v) is 2.54. The van der Waals surface area contributed by atoms with Crippen molar-refractivity contribution in [1.82, 2.24) is 4.98 Å². The van der Waals surface area contributed by atoms with Gasteiger partial charge in [0.15, 0.2) is 0 Å². The van der Waals surface area contributed by atoms with Crippen molar-refractivity contribution in [2.75, 3.05) is 0 Å². The minimum absolute atomic E-state index is 0.331. The number of benzene rings is 1. The van der Waals surface area contributed by atoms with Crippen LogP contribution in [0.1, 0.15) is 11.3 Å². The molecule has 2 rings (SSSR count). The van der Waals surface area contributed by atoms with Gasteiger partial charge in [-0.05, 0) is 19.1 Å². The highest BCUT2D eigenvalue weighted by atomic mass is 16.3. The summed E-state index contributed by atoms with van der Waals surface area (Å²) >= 11 is 0. The van der Waals surface area contributed by atoms with Crippen molar-refractivity contribution in [1.29, 1.82) is 0 Å². The fourth-order valence-corrected chi connectivity index (χ4v) is 1.67. The van der Waals surface area contributed by atoms with Crippen molar-refractivity contribution in [2.24, 2.45) is 0 Å². The molecule has 0 saturated heterocycles. The number of fused-ring (bicyclic) bond motifs is 1. The van der Waals surface area contributed by atoms with Crippen LogP contribution >= 0.6 is 0 Å². The van der Waals surface area contributed by atoms with E-state index in [9.17, 15) is 5.11 Å². The number of nitrogens with zero attached hydrogens (tertiary/aromatic N) is 1. The molecule has 1 aromatic carbocycles. The second-order valence-electron chi connectivity index (χ2n) is 3.54. The number of para-hydroxylation sites is 1. The van der Waals surface area contributed by atoms with Gasteiger partial charge < -0.3 is 5.11 Å². The van der Waals surface area contributed by atoms with E-state index in [-0.39, 0.29) is 0 Å². The van der Waals surface area contributed by atoms with Crippen LogP contribution in [0.4, 0.5) is 0 Å². The molecule has 0 aliphatic carbocycles. The maximum atomic E-state index is 9.99. The zero-order chi connectivity index (χ0) is 10.8. The van der Waals surface area contributed by atoms with Gasteiger partial charge in [0.05, 0.1) is 11.2 Å². The van der Waals surface area contributed by atoms with Crippen molar-refractivity contribution >= 4 is 10.9 Å². The SMILES string of the molecule is C=CCc1nc2ccccc2c(O)c1C. The van der Waals surface area contributed by atoms with E-state index >= 15 is 0 Å². The van der Waals surface area contributed by atoms with E-state index in [4.69, 9.17) is 0 Å². The lowest BCUT2D eigenvalue weighted by molar-refractivity contribution is 0.476. The molecule has 0 amide bonds. The Morgan fingerprint density at radius 3 is 2.87 bits per heavy atom. The number of hydrogen-bond donors (Lipinski definition) is 1. The second-order valence-corrected chi connectivity index (χ2v) is 3.54.